The zero-order chi connectivity index (χ0) is 46.9. The summed E-state index contributed by atoms with van der Waals surface area (Å²) in [5, 5.41) is 7.54. The van der Waals surface area contributed by atoms with E-state index in [0.717, 1.165) is 17.1 Å². The van der Waals surface area contributed by atoms with Crippen molar-refractivity contribution in [1.82, 2.24) is 4.57 Å². The Morgan fingerprint density at radius 3 is 1.43 bits per heavy atom. The molecule has 2 spiro atoms. The van der Waals surface area contributed by atoms with E-state index in [1.54, 1.807) is 0 Å². The lowest BCUT2D eigenvalue weighted by atomic mass is 9.65. The number of para-hydroxylation sites is 3. The van der Waals surface area contributed by atoms with Crippen LogP contribution in [0.3, 0.4) is 0 Å². The molecule has 1 atom stereocenters. The number of nitrogens with zero attached hydrogens (tertiary/aromatic N) is 2. The largest absolute Gasteiger partial charge is 0.309 e. The van der Waals surface area contributed by atoms with Crippen molar-refractivity contribution < 1.29 is 0 Å². The monoisotopic (exact) mass is 910 g/mol. The SMILES string of the molecule is c1ccc2c(c1)-c1ccccc1C21c2ccccc2-c2c(N(c3ccc4c(ccc5ccccc54)c3)c3cccc4c3-c3ccccc3C43c4ccccc4-n4c5ccccc5c5cccc3c54)cccc21. The predicted molar refractivity (Wildman–Crippen MR) is 298 cm³/mol. The summed E-state index contributed by atoms with van der Waals surface area (Å²) in [5.41, 5.74) is 24.4. The number of fused-ring (bicyclic) bond motifs is 25. The second kappa shape index (κ2) is 13.8. The third-order valence-corrected chi connectivity index (χ3v) is 17.2. The summed E-state index contributed by atoms with van der Waals surface area (Å²) in [6.07, 6.45) is 0. The summed E-state index contributed by atoms with van der Waals surface area (Å²) in [7, 11) is 0. The molecule has 4 aliphatic rings. The van der Waals surface area contributed by atoms with Gasteiger partial charge < -0.3 is 9.47 Å². The van der Waals surface area contributed by atoms with Crippen molar-refractivity contribution in [2.75, 3.05) is 4.90 Å². The Morgan fingerprint density at radius 2 is 0.750 bits per heavy atom. The van der Waals surface area contributed by atoms with E-state index < -0.39 is 10.8 Å². The Kier molecular flexibility index (Phi) is 7.37. The molecular weight excluding hydrogens is 869 g/mol. The van der Waals surface area contributed by atoms with Gasteiger partial charge in [-0.3, -0.25) is 0 Å². The molecule has 2 nitrogen and oxygen atoms in total. The minimum absolute atomic E-state index is 0.485. The maximum absolute atomic E-state index is 2.62. The van der Waals surface area contributed by atoms with E-state index in [2.05, 4.69) is 264 Å². The summed E-state index contributed by atoms with van der Waals surface area (Å²) in [6.45, 7) is 0. The molecule has 0 saturated heterocycles. The third kappa shape index (κ3) is 4.49. The van der Waals surface area contributed by atoms with Crippen LogP contribution in [-0.4, -0.2) is 4.57 Å². The molecule has 17 rings (SSSR count). The first-order valence-corrected chi connectivity index (χ1v) is 25.3. The quantitative estimate of drug-likeness (QED) is 0.160. The molecule has 1 unspecified atom stereocenters. The van der Waals surface area contributed by atoms with Gasteiger partial charge in [-0.25, -0.2) is 0 Å². The number of hydrogen-bond donors (Lipinski definition) is 0. The number of rotatable bonds is 3. The summed E-state index contributed by atoms with van der Waals surface area (Å²) in [6, 6.07) is 96.7. The van der Waals surface area contributed by atoms with Crippen molar-refractivity contribution in [1.29, 1.82) is 0 Å². The molecular formula is C70H42N2. The molecule has 3 aliphatic carbocycles. The maximum Gasteiger partial charge on any atom is 0.0755 e. The molecule has 0 amide bonds. The van der Waals surface area contributed by atoms with Crippen molar-refractivity contribution in [2.24, 2.45) is 0 Å². The van der Waals surface area contributed by atoms with Gasteiger partial charge >= 0.3 is 0 Å². The fraction of sp³-hybridized carbons (Fsp3) is 0.0286. The van der Waals surface area contributed by atoms with E-state index in [4.69, 9.17) is 0 Å². The Bertz CT molecular complexity index is 4500. The average molecular weight is 911 g/mol. The lowest BCUT2D eigenvalue weighted by molar-refractivity contribution is 0.748. The highest BCUT2D eigenvalue weighted by Crippen LogP contribution is 2.67. The minimum Gasteiger partial charge on any atom is -0.309 e. The van der Waals surface area contributed by atoms with Gasteiger partial charge in [0.25, 0.3) is 0 Å². The molecule has 72 heavy (non-hydrogen) atoms. The van der Waals surface area contributed by atoms with Crippen LogP contribution in [0.25, 0.3) is 82.4 Å². The summed E-state index contributed by atoms with van der Waals surface area (Å²) >= 11 is 0. The molecule has 12 aromatic carbocycles. The van der Waals surface area contributed by atoms with Crippen LogP contribution in [0, 0.1) is 0 Å². The van der Waals surface area contributed by atoms with Gasteiger partial charge in [0.2, 0.25) is 0 Å². The molecule has 332 valence electrons. The molecule has 0 radical (unpaired) electrons. The second-order valence-corrected chi connectivity index (χ2v) is 20.2. The van der Waals surface area contributed by atoms with Crippen molar-refractivity contribution in [2.45, 2.75) is 10.8 Å². The van der Waals surface area contributed by atoms with Gasteiger partial charge in [-0.15, -0.1) is 0 Å². The standard InChI is InChI=1S/C70H42N2/c1-2-19-46-43(18-1)38-39-44-42-45(40-41-47(44)46)71(64-36-16-31-59-66(64)52-23-5-10-28-56(52)69(59)54-26-8-3-20-48(54)49-21-4-9-27-55(49)69)65-37-17-32-60-67(65)53-24-6-11-29-57(53)70(60)58-30-12-14-35-63(58)72-62-34-13-7-22-50(62)51-25-15-33-61(70)68(51)72/h1-42H. The van der Waals surface area contributed by atoms with Gasteiger partial charge in [0.1, 0.15) is 0 Å². The number of anilines is 3. The molecule has 2 heteroatoms. The highest BCUT2D eigenvalue weighted by molar-refractivity contribution is 6.14. The van der Waals surface area contributed by atoms with Crippen LogP contribution in [0.4, 0.5) is 17.1 Å². The lowest BCUT2D eigenvalue weighted by Gasteiger charge is -2.39. The van der Waals surface area contributed by atoms with E-state index in [-0.39, 0.29) is 0 Å². The maximum atomic E-state index is 2.62. The van der Waals surface area contributed by atoms with E-state index in [0.29, 0.717) is 0 Å². The summed E-state index contributed by atoms with van der Waals surface area (Å²) < 4.78 is 2.54. The van der Waals surface area contributed by atoms with E-state index >= 15 is 0 Å². The van der Waals surface area contributed by atoms with Crippen LogP contribution in [0.5, 0.6) is 0 Å². The molecule has 2 heterocycles. The van der Waals surface area contributed by atoms with Gasteiger partial charge in [0.05, 0.1) is 38.9 Å². The van der Waals surface area contributed by atoms with Crippen LogP contribution < -0.4 is 4.90 Å². The van der Waals surface area contributed by atoms with Gasteiger partial charge in [0, 0.05) is 27.6 Å². The van der Waals surface area contributed by atoms with Crippen molar-refractivity contribution in [3.8, 4) is 39.1 Å². The van der Waals surface area contributed by atoms with Crippen LogP contribution in [0.15, 0.2) is 255 Å². The highest BCUT2D eigenvalue weighted by Gasteiger charge is 2.54. The van der Waals surface area contributed by atoms with E-state index in [1.807, 2.05) is 0 Å². The van der Waals surface area contributed by atoms with Gasteiger partial charge in [-0.05, 0) is 125 Å². The zero-order valence-electron chi connectivity index (χ0n) is 39.1. The van der Waals surface area contributed by atoms with Crippen molar-refractivity contribution >= 4 is 60.4 Å². The first kappa shape index (κ1) is 38.6. The summed E-state index contributed by atoms with van der Waals surface area (Å²) in [5.74, 6) is 0. The smallest absolute Gasteiger partial charge is 0.0755 e. The first-order valence-electron chi connectivity index (χ1n) is 25.3. The topological polar surface area (TPSA) is 8.17 Å². The third-order valence-electron chi connectivity index (χ3n) is 17.2. The van der Waals surface area contributed by atoms with Gasteiger partial charge in [-0.2, -0.15) is 0 Å². The molecule has 0 N–H and O–H groups in total. The normalized spacial score (nSPS) is 15.7. The van der Waals surface area contributed by atoms with Crippen LogP contribution in [-0.2, 0) is 10.8 Å². The first-order chi connectivity index (χ1) is 35.8. The fourth-order valence-electron chi connectivity index (χ4n) is 14.6. The minimum atomic E-state index is -0.594. The lowest BCUT2D eigenvalue weighted by Crippen LogP contribution is -2.33. The molecule has 0 bridgehead atoms. The molecule has 13 aromatic rings. The molecule has 1 aliphatic heterocycles. The zero-order valence-corrected chi connectivity index (χ0v) is 39.1. The van der Waals surface area contributed by atoms with E-state index in [9.17, 15) is 0 Å². The number of hydrogen-bond acceptors (Lipinski definition) is 1. The highest BCUT2D eigenvalue weighted by atomic mass is 15.2. The molecule has 0 fully saturated rings. The van der Waals surface area contributed by atoms with Gasteiger partial charge in [-0.1, -0.05) is 218 Å². The van der Waals surface area contributed by atoms with Crippen molar-refractivity contribution in [3.05, 3.63) is 299 Å². The second-order valence-electron chi connectivity index (χ2n) is 20.2. The van der Waals surface area contributed by atoms with Crippen LogP contribution in [0.2, 0.25) is 0 Å². The Labute approximate surface area is 417 Å². The number of aromatic nitrogens is 1. The van der Waals surface area contributed by atoms with Gasteiger partial charge in [0.15, 0.2) is 0 Å². The van der Waals surface area contributed by atoms with E-state index in [1.165, 1.54) is 127 Å². The fourth-order valence-corrected chi connectivity index (χ4v) is 14.6. The number of benzene rings is 12. The predicted octanol–water partition coefficient (Wildman–Crippen LogP) is 17.6. The summed E-state index contributed by atoms with van der Waals surface area (Å²) in [4.78, 5) is 2.62. The Balaban J connectivity index is 1.00. The molecule has 0 saturated carbocycles. The average Bonchev–Trinajstić information content (AvgIpc) is 4.15. The van der Waals surface area contributed by atoms with Crippen LogP contribution >= 0.6 is 0 Å². The van der Waals surface area contributed by atoms with Crippen molar-refractivity contribution in [3.63, 3.8) is 0 Å². The molecule has 1 aromatic heterocycles. The Morgan fingerprint density at radius 1 is 0.292 bits per heavy atom. The Hall–Kier alpha value is -9.24. The van der Waals surface area contributed by atoms with Crippen LogP contribution in [0.1, 0.15) is 44.5 Å².